The van der Waals surface area contributed by atoms with Crippen molar-refractivity contribution in [3.8, 4) is 18.2 Å². The van der Waals surface area contributed by atoms with Gasteiger partial charge in [0.15, 0.2) is 6.10 Å². The van der Waals surface area contributed by atoms with Crippen molar-refractivity contribution in [1.29, 1.82) is 0 Å². The number of hydrogen-bond acceptors (Lipinski definition) is 3. The molecule has 68 valence electrons. The molecule has 0 aliphatic carbocycles. The summed E-state index contributed by atoms with van der Waals surface area (Å²) < 4.78 is 5.30. The van der Waals surface area contributed by atoms with Gasteiger partial charge < -0.3 is 10.5 Å². The van der Waals surface area contributed by atoms with E-state index in [0.29, 0.717) is 11.6 Å². The first-order chi connectivity index (χ1) is 6.13. The van der Waals surface area contributed by atoms with E-state index in [9.17, 15) is 0 Å². The summed E-state index contributed by atoms with van der Waals surface area (Å²) >= 11 is 0. The third-order valence-corrected chi connectivity index (χ3v) is 1.63. The Balaban J connectivity index is 2.81. The molecule has 0 bridgehead atoms. The Hall–Kier alpha value is -1.69. The van der Waals surface area contributed by atoms with Gasteiger partial charge >= 0.3 is 0 Å². The zero-order valence-corrected chi connectivity index (χ0v) is 7.74. The number of aryl methyl sites for hydroxylation is 1. The molecule has 1 atom stereocenters. The number of aromatic nitrogens is 1. The number of hydrogen-bond donors (Lipinski definition) is 1. The lowest BCUT2D eigenvalue weighted by Crippen LogP contribution is -2.09. The molecule has 0 aliphatic rings. The van der Waals surface area contributed by atoms with Crippen LogP contribution in [-0.2, 0) is 0 Å². The summed E-state index contributed by atoms with van der Waals surface area (Å²) in [5, 5.41) is 0. The van der Waals surface area contributed by atoms with Gasteiger partial charge in [0, 0.05) is 6.07 Å². The van der Waals surface area contributed by atoms with Gasteiger partial charge in [-0.25, -0.2) is 4.98 Å². The van der Waals surface area contributed by atoms with Crippen molar-refractivity contribution in [2.45, 2.75) is 20.0 Å². The monoisotopic (exact) mass is 176 g/mol. The molecule has 0 saturated heterocycles. The summed E-state index contributed by atoms with van der Waals surface area (Å²) in [5.74, 6) is 2.97. The van der Waals surface area contributed by atoms with E-state index in [-0.39, 0.29) is 6.10 Å². The number of nitrogens with two attached hydrogens (primary N) is 1. The molecular weight excluding hydrogens is 164 g/mol. The normalized spacial score (nSPS) is 11.8. The van der Waals surface area contributed by atoms with Crippen molar-refractivity contribution < 1.29 is 4.74 Å². The Morgan fingerprint density at radius 3 is 2.85 bits per heavy atom. The zero-order valence-electron chi connectivity index (χ0n) is 7.74. The largest absolute Gasteiger partial charge is 0.461 e. The topological polar surface area (TPSA) is 48.1 Å². The van der Waals surface area contributed by atoms with Crippen molar-refractivity contribution >= 4 is 5.69 Å². The van der Waals surface area contributed by atoms with Crippen molar-refractivity contribution in [2.75, 3.05) is 5.73 Å². The maximum absolute atomic E-state index is 5.59. The standard InChI is InChI=1S/C10H12N2O/c1-4-7(2)13-10-6-5-9(11)8(3)12-10/h1,5-7H,11H2,2-3H3. The summed E-state index contributed by atoms with van der Waals surface area (Å²) in [4.78, 5) is 4.12. The number of rotatable bonds is 2. The second-order valence-corrected chi connectivity index (χ2v) is 2.75. The summed E-state index contributed by atoms with van der Waals surface area (Å²) in [6, 6.07) is 3.46. The molecule has 1 unspecified atom stereocenters. The van der Waals surface area contributed by atoms with Crippen LogP contribution in [0.3, 0.4) is 0 Å². The third kappa shape index (κ3) is 2.38. The van der Waals surface area contributed by atoms with E-state index in [4.69, 9.17) is 16.9 Å². The van der Waals surface area contributed by atoms with Crippen molar-refractivity contribution in [1.82, 2.24) is 4.98 Å². The van der Waals surface area contributed by atoms with Crippen LogP contribution in [0.15, 0.2) is 12.1 Å². The molecule has 0 spiro atoms. The van der Waals surface area contributed by atoms with E-state index in [1.807, 2.05) is 6.92 Å². The Labute approximate surface area is 77.9 Å². The van der Waals surface area contributed by atoms with Crippen LogP contribution in [0.4, 0.5) is 5.69 Å². The maximum atomic E-state index is 5.59. The van der Waals surface area contributed by atoms with Crippen LogP contribution in [0.5, 0.6) is 5.88 Å². The van der Waals surface area contributed by atoms with Crippen LogP contribution < -0.4 is 10.5 Å². The summed E-state index contributed by atoms with van der Waals surface area (Å²) in [6.45, 7) is 3.61. The average Bonchev–Trinajstić information content (AvgIpc) is 2.11. The minimum absolute atomic E-state index is 0.268. The number of terminal acetylenes is 1. The molecule has 2 N–H and O–H groups in total. The van der Waals surface area contributed by atoms with Crippen LogP contribution >= 0.6 is 0 Å². The summed E-state index contributed by atoms with van der Waals surface area (Å²) in [5.41, 5.74) is 7.00. The number of pyridine rings is 1. The first kappa shape index (κ1) is 9.40. The fourth-order valence-electron chi connectivity index (χ4n) is 0.830. The predicted molar refractivity (Wildman–Crippen MR) is 52.3 cm³/mol. The highest BCUT2D eigenvalue weighted by Gasteiger charge is 2.02. The summed E-state index contributed by atoms with van der Waals surface area (Å²) in [7, 11) is 0. The molecule has 1 aromatic rings. The lowest BCUT2D eigenvalue weighted by atomic mass is 10.3. The number of nitrogens with zero attached hydrogens (tertiary/aromatic N) is 1. The van der Waals surface area contributed by atoms with Crippen molar-refractivity contribution in [2.24, 2.45) is 0 Å². The quantitative estimate of drug-likeness (QED) is 0.692. The average molecular weight is 176 g/mol. The van der Waals surface area contributed by atoms with Gasteiger partial charge in [-0.3, -0.25) is 0 Å². The second-order valence-electron chi connectivity index (χ2n) is 2.75. The van der Waals surface area contributed by atoms with E-state index in [1.54, 1.807) is 19.1 Å². The van der Waals surface area contributed by atoms with Gasteiger partial charge in [-0.05, 0) is 19.9 Å². The molecule has 0 aliphatic heterocycles. The lowest BCUT2D eigenvalue weighted by Gasteiger charge is -2.08. The van der Waals surface area contributed by atoms with Gasteiger partial charge in [0.25, 0.3) is 0 Å². The van der Waals surface area contributed by atoms with Crippen molar-refractivity contribution in [3.63, 3.8) is 0 Å². The van der Waals surface area contributed by atoms with E-state index >= 15 is 0 Å². The first-order valence-corrected chi connectivity index (χ1v) is 3.99. The van der Waals surface area contributed by atoms with E-state index in [2.05, 4.69) is 10.9 Å². The van der Waals surface area contributed by atoms with Crippen molar-refractivity contribution in [3.05, 3.63) is 17.8 Å². The Morgan fingerprint density at radius 1 is 1.62 bits per heavy atom. The van der Waals surface area contributed by atoms with Gasteiger partial charge in [0.05, 0.1) is 11.4 Å². The molecule has 0 amide bonds. The highest BCUT2D eigenvalue weighted by molar-refractivity contribution is 5.43. The zero-order chi connectivity index (χ0) is 9.84. The molecule has 1 heterocycles. The molecule has 1 rings (SSSR count). The SMILES string of the molecule is C#CC(C)Oc1ccc(N)c(C)n1. The van der Waals surface area contributed by atoms with Crippen LogP contribution in [0.2, 0.25) is 0 Å². The highest BCUT2D eigenvalue weighted by Crippen LogP contribution is 2.14. The fourth-order valence-corrected chi connectivity index (χ4v) is 0.830. The van der Waals surface area contributed by atoms with Crippen LogP contribution in [-0.4, -0.2) is 11.1 Å². The predicted octanol–water partition coefficient (Wildman–Crippen LogP) is 1.37. The molecular formula is C10H12N2O. The Kier molecular flexibility index (Phi) is 2.76. The number of nitrogen functional groups attached to an aromatic ring is 1. The van der Waals surface area contributed by atoms with Gasteiger partial charge in [-0.1, -0.05) is 5.92 Å². The van der Waals surface area contributed by atoms with Gasteiger partial charge in [0.1, 0.15) is 0 Å². The smallest absolute Gasteiger partial charge is 0.214 e. The molecule has 3 heteroatoms. The molecule has 0 saturated carbocycles. The number of ether oxygens (including phenoxy) is 1. The lowest BCUT2D eigenvalue weighted by molar-refractivity contribution is 0.267. The fraction of sp³-hybridized carbons (Fsp3) is 0.300. The molecule has 3 nitrogen and oxygen atoms in total. The van der Waals surface area contributed by atoms with E-state index < -0.39 is 0 Å². The molecule has 0 fully saturated rings. The minimum Gasteiger partial charge on any atom is -0.461 e. The van der Waals surface area contributed by atoms with E-state index in [0.717, 1.165) is 5.69 Å². The molecule has 1 aromatic heterocycles. The van der Waals surface area contributed by atoms with Crippen LogP contribution in [0, 0.1) is 19.3 Å². The molecule has 13 heavy (non-hydrogen) atoms. The molecule has 0 radical (unpaired) electrons. The highest BCUT2D eigenvalue weighted by atomic mass is 16.5. The van der Waals surface area contributed by atoms with Crippen LogP contribution in [0.25, 0.3) is 0 Å². The van der Waals surface area contributed by atoms with Gasteiger partial charge in [0.2, 0.25) is 5.88 Å². The first-order valence-electron chi connectivity index (χ1n) is 3.99. The minimum atomic E-state index is -0.268. The van der Waals surface area contributed by atoms with E-state index in [1.165, 1.54) is 0 Å². The summed E-state index contributed by atoms with van der Waals surface area (Å²) in [6.07, 6.45) is 4.89. The Morgan fingerprint density at radius 2 is 2.31 bits per heavy atom. The third-order valence-electron chi connectivity index (χ3n) is 1.63. The molecule has 0 aromatic carbocycles. The Bertz CT molecular complexity index is 341. The van der Waals surface area contributed by atoms with Gasteiger partial charge in [-0.2, -0.15) is 0 Å². The van der Waals surface area contributed by atoms with Gasteiger partial charge in [-0.15, -0.1) is 6.42 Å². The maximum Gasteiger partial charge on any atom is 0.214 e. The van der Waals surface area contributed by atoms with Crippen LogP contribution in [0.1, 0.15) is 12.6 Å². The second kappa shape index (κ2) is 3.81. The number of anilines is 1.